The van der Waals surface area contributed by atoms with Gasteiger partial charge in [-0.1, -0.05) is 6.92 Å². The first-order valence-corrected chi connectivity index (χ1v) is 4.96. The molecule has 1 heterocycles. The largest absolute Gasteiger partial charge is 0.433 e. The standard InChI is InChI=1S/C9H13F3N4O/c1-2-5(17)4-14-7-3-6(9(10,11)12)15-8(13)16-7/h3,5,17H,2,4H2,1H3,(H3,13,14,15,16). The summed E-state index contributed by atoms with van der Waals surface area (Å²) in [4.78, 5) is 6.69. The highest BCUT2D eigenvalue weighted by atomic mass is 19.4. The Balaban J connectivity index is 2.83. The number of nitrogens with zero attached hydrogens (tertiary/aromatic N) is 2. The van der Waals surface area contributed by atoms with Gasteiger partial charge in [-0.2, -0.15) is 18.2 Å². The fourth-order valence-electron chi connectivity index (χ4n) is 1.07. The summed E-state index contributed by atoms with van der Waals surface area (Å²) in [7, 11) is 0. The molecule has 4 N–H and O–H groups in total. The van der Waals surface area contributed by atoms with E-state index in [0.717, 1.165) is 6.07 Å². The number of alkyl halides is 3. The monoisotopic (exact) mass is 250 g/mol. The zero-order valence-electron chi connectivity index (χ0n) is 9.12. The topological polar surface area (TPSA) is 84.1 Å². The number of halogens is 3. The van der Waals surface area contributed by atoms with E-state index in [1.807, 2.05) is 0 Å². The van der Waals surface area contributed by atoms with Gasteiger partial charge in [0.1, 0.15) is 5.82 Å². The van der Waals surface area contributed by atoms with Gasteiger partial charge in [0, 0.05) is 12.6 Å². The molecule has 8 heteroatoms. The lowest BCUT2D eigenvalue weighted by molar-refractivity contribution is -0.141. The molecular formula is C9H13F3N4O. The van der Waals surface area contributed by atoms with Crippen molar-refractivity contribution in [2.24, 2.45) is 0 Å². The maximum absolute atomic E-state index is 12.4. The maximum atomic E-state index is 12.4. The van der Waals surface area contributed by atoms with Gasteiger partial charge in [0.2, 0.25) is 5.95 Å². The van der Waals surface area contributed by atoms with Crippen LogP contribution in [0.3, 0.4) is 0 Å². The third-order valence-electron chi connectivity index (χ3n) is 2.02. The van der Waals surface area contributed by atoms with E-state index in [4.69, 9.17) is 5.73 Å². The molecule has 0 radical (unpaired) electrons. The number of hydrogen-bond acceptors (Lipinski definition) is 5. The average Bonchev–Trinajstić information content (AvgIpc) is 2.24. The Bertz CT molecular complexity index is 383. The van der Waals surface area contributed by atoms with Crippen LogP contribution >= 0.6 is 0 Å². The molecule has 1 unspecified atom stereocenters. The molecule has 5 nitrogen and oxygen atoms in total. The molecule has 0 aliphatic carbocycles. The summed E-state index contributed by atoms with van der Waals surface area (Å²) >= 11 is 0. The van der Waals surface area contributed by atoms with Gasteiger partial charge in [-0.25, -0.2) is 4.98 Å². The number of nitrogens with one attached hydrogen (secondary N) is 1. The van der Waals surface area contributed by atoms with E-state index in [0.29, 0.717) is 6.42 Å². The van der Waals surface area contributed by atoms with Crippen LogP contribution in [0.15, 0.2) is 6.07 Å². The normalized spacial score (nSPS) is 13.5. The summed E-state index contributed by atoms with van der Waals surface area (Å²) in [5, 5.41) is 11.8. The van der Waals surface area contributed by atoms with Crippen LogP contribution in [0, 0.1) is 0 Å². The van der Waals surface area contributed by atoms with Gasteiger partial charge in [0.25, 0.3) is 0 Å². The molecule has 0 fully saturated rings. The molecule has 0 aromatic carbocycles. The molecule has 1 rings (SSSR count). The Kier molecular flexibility index (Phi) is 4.11. The van der Waals surface area contributed by atoms with Gasteiger partial charge in [-0.05, 0) is 6.42 Å². The molecule has 0 aliphatic rings. The smallest absolute Gasteiger partial charge is 0.391 e. The number of anilines is 2. The second kappa shape index (κ2) is 5.17. The highest BCUT2D eigenvalue weighted by molar-refractivity contribution is 5.41. The SMILES string of the molecule is CCC(O)CNc1cc(C(F)(F)F)nc(N)n1. The first-order valence-electron chi connectivity index (χ1n) is 4.96. The Morgan fingerprint density at radius 1 is 1.47 bits per heavy atom. The number of nitrogens with two attached hydrogens (primary N) is 1. The molecule has 0 saturated carbocycles. The third kappa shape index (κ3) is 4.06. The molecule has 1 aromatic heterocycles. The molecular weight excluding hydrogens is 237 g/mol. The Morgan fingerprint density at radius 2 is 2.12 bits per heavy atom. The third-order valence-corrected chi connectivity index (χ3v) is 2.02. The van der Waals surface area contributed by atoms with Crippen LogP contribution in [0.2, 0.25) is 0 Å². The molecule has 0 spiro atoms. The predicted molar refractivity (Wildman–Crippen MR) is 56.2 cm³/mol. The lowest BCUT2D eigenvalue weighted by Crippen LogP contribution is -2.20. The van der Waals surface area contributed by atoms with Crippen molar-refractivity contribution in [3.8, 4) is 0 Å². The van der Waals surface area contributed by atoms with Gasteiger partial charge in [0.15, 0.2) is 5.69 Å². The summed E-state index contributed by atoms with van der Waals surface area (Å²) < 4.78 is 37.2. The average molecular weight is 250 g/mol. The molecule has 96 valence electrons. The van der Waals surface area contributed by atoms with E-state index < -0.39 is 23.9 Å². The van der Waals surface area contributed by atoms with Crippen molar-refractivity contribution < 1.29 is 18.3 Å². The second-order valence-electron chi connectivity index (χ2n) is 3.44. The zero-order valence-corrected chi connectivity index (χ0v) is 9.12. The predicted octanol–water partition coefficient (Wildman–Crippen LogP) is 1.26. The fourth-order valence-corrected chi connectivity index (χ4v) is 1.07. The van der Waals surface area contributed by atoms with Gasteiger partial charge in [-0.3, -0.25) is 0 Å². The number of nitrogen functional groups attached to an aromatic ring is 1. The lowest BCUT2D eigenvalue weighted by Gasteiger charge is -2.12. The molecule has 1 aromatic rings. The van der Waals surface area contributed by atoms with Gasteiger partial charge in [-0.15, -0.1) is 0 Å². The molecule has 0 amide bonds. The Morgan fingerprint density at radius 3 is 2.65 bits per heavy atom. The van der Waals surface area contributed by atoms with Crippen molar-refractivity contribution in [2.75, 3.05) is 17.6 Å². The van der Waals surface area contributed by atoms with E-state index in [-0.39, 0.29) is 12.4 Å². The van der Waals surface area contributed by atoms with Crippen molar-refractivity contribution >= 4 is 11.8 Å². The van der Waals surface area contributed by atoms with Crippen LogP contribution in [0.25, 0.3) is 0 Å². The lowest BCUT2D eigenvalue weighted by atomic mass is 10.3. The molecule has 17 heavy (non-hydrogen) atoms. The fraction of sp³-hybridized carbons (Fsp3) is 0.556. The van der Waals surface area contributed by atoms with E-state index in [9.17, 15) is 18.3 Å². The summed E-state index contributed by atoms with van der Waals surface area (Å²) in [6.45, 7) is 1.85. The summed E-state index contributed by atoms with van der Waals surface area (Å²) in [5.41, 5.74) is 4.06. The van der Waals surface area contributed by atoms with Crippen LogP contribution in [-0.4, -0.2) is 27.7 Å². The van der Waals surface area contributed by atoms with E-state index in [2.05, 4.69) is 15.3 Å². The Hall–Kier alpha value is -1.57. The molecule has 0 saturated heterocycles. The summed E-state index contributed by atoms with van der Waals surface area (Å²) in [6, 6.07) is 0.749. The maximum Gasteiger partial charge on any atom is 0.433 e. The van der Waals surface area contributed by atoms with Crippen molar-refractivity contribution in [1.29, 1.82) is 0 Å². The number of hydrogen-bond donors (Lipinski definition) is 3. The van der Waals surface area contributed by atoms with Crippen molar-refractivity contribution in [1.82, 2.24) is 9.97 Å². The number of rotatable bonds is 4. The second-order valence-corrected chi connectivity index (χ2v) is 3.44. The van der Waals surface area contributed by atoms with E-state index in [1.54, 1.807) is 6.92 Å². The van der Waals surface area contributed by atoms with Crippen molar-refractivity contribution in [3.05, 3.63) is 11.8 Å². The zero-order chi connectivity index (χ0) is 13.1. The van der Waals surface area contributed by atoms with E-state index in [1.165, 1.54) is 0 Å². The molecule has 0 aliphatic heterocycles. The first kappa shape index (κ1) is 13.5. The number of aliphatic hydroxyl groups excluding tert-OH is 1. The van der Waals surface area contributed by atoms with Crippen molar-refractivity contribution in [3.63, 3.8) is 0 Å². The summed E-state index contributed by atoms with van der Waals surface area (Å²) in [6.07, 6.45) is -4.74. The number of aromatic nitrogens is 2. The highest BCUT2D eigenvalue weighted by Crippen LogP contribution is 2.29. The quantitative estimate of drug-likeness (QED) is 0.749. The van der Waals surface area contributed by atoms with Gasteiger partial charge < -0.3 is 16.2 Å². The summed E-state index contributed by atoms with van der Waals surface area (Å²) in [5.74, 6) is -0.523. The minimum Gasteiger partial charge on any atom is -0.391 e. The van der Waals surface area contributed by atoms with Crippen LogP contribution in [0.5, 0.6) is 0 Å². The minimum atomic E-state index is -4.57. The van der Waals surface area contributed by atoms with Crippen LogP contribution < -0.4 is 11.1 Å². The van der Waals surface area contributed by atoms with Crippen LogP contribution in [0.1, 0.15) is 19.0 Å². The van der Waals surface area contributed by atoms with E-state index >= 15 is 0 Å². The number of aliphatic hydroxyl groups is 1. The van der Waals surface area contributed by atoms with Crippen LogP contribution in [-0.2, 0) is 6.18 Å². The van der Waals surface area contributed by atoms with Crippen molar-refractivity contribution in [2.45, 2.75) is 25.6 Å². The minimum absolute atomic E-state index is 0.0580. The Labute approximate surface area is 95.9 Å². The molecule has 0 bridgehead atoms. The molecule has 1 atom stereocenters. The van der Waals surface area contributed by atoms with Gasteiger partial charge in [0.05, 0.1) is 6.10 Å². The van der Waals surface area contributed by atoms with Gasteiger partial charge >= 0.3 is 6.18 Å². The van der Waals surface area contributed by atoms with Crippen LogP contribution in [0.4, 0.5) is 24.9 Å². The first-order chi connectivity index (χ1) is 7.82. The highest BCUT2D eigenvalue weighted by Gasteiger charge is 2.33.